The lowest BCUT2D eigenvalue weighted by atomic mass is 9.80. The van der Waals surface area contributed by atoms with Gasteiger partial charge in [0.05, 0.1) is 6.54 Å². The van der Waals surface area contributed by atoms with E-state index in [2.05, 4.69) is 38.1 Å². The molecule has 0 aliphatic carbocycles. The molecule has 0 aliphatic rings. The zero-order chi connectivity index (χ0) is 34.0. The zero-order valence-electron chi connectivity index (χ0n) is 27.7. The van der Waals surface area contributed by atoms with Crippen LogP contribution in [-0.2, 0) is 28.7 Å². The number of carbonyl (C=O) groups excluding carboxylic acids is 4. The number of nitrogens with one attached hydrogen (secondary N) is 4. The van der Waals surface area contributed by atoms with Gasteiger partial charge < -0.3 is 35.5 Å². The summed E-state index contributed by atoms with van der Waals surface area (Å²) in [5, 5.41) is 11.1. The average Bonchev–Trinajstić information content (AvgIpc) is 3.02. The third-order valence-electron chi connectivity index (χ3n) is 7.19. The first-order valence-electron chi connectivity index (χ1n) is 15.3. The summed E-state index contributed by atoms with van der Waals surface area (Å²) in [5.74, 6) is 5.31. The molecule has 2 unspecified atom stereocenters. The first kappa shape index (κ1) is 37.7. The normalized spacial score (nSPS) is 13.2. The van der Waals surface area contributed by atoms with Crippen LogP contribution in [-0.4, -0.2) is 86.3 Å². The molecule has 0 aliphatic heterocycles. The number of rotatable bonds is 18. The second-order valence-corrected chi connectivity index (χ2v) is 11.4. The van der Waals surface area contributed by atoms with E-state index in [0.717, 1.165) is 11.3 Å². The maximum Gasteiger partial charge on any atom is 0.246 e. The molecule has 0 saturated heterocycles. The summed E-state index contributed by atoms with van der Waals surface area (Å²) in [5.41, 5.74) is 1.09. The molecule has 0 radical (unpaired) electrons. The third-order valence-corrected chi connectivity index (χ3v) is 7.19. The maximum absolute atomic E-state index is 12.7. The molecule has 4 N–H and O–H groups in total. The van der Waals surface area contributed by atoms with Crippen molar-refractivity contribution in [2.24, 2.45) is 0 Å². The van der Waals surface area contributed by atoms with Crippen molar-refractivity contribution in [2.45, 2.75) is 65.0 Å². The van der Waals surface area contributed by atoms with E-state index in [1.165, 1.54) is 7.05 Å². The fraction of sp³-hybridized carbons (Fsp3) is 0.500. The molecule has 1 aromatic carbocycles. The average molecular weight is 638 g/mol. The number of hydrogen-bond acceptors (Lipinski definition) is 8. The van der Waals surface area contributed by atoms with Crippen LogP contribution in [0.5, 0.6) is 5.75 Å². The van der Waals surface area contributed by atoms with Gasteiger partial charge in [0.1, 0.15) is 44.5 Å². The highest BCUT2D eigenvalue weighted by molar-refractivity contribution is 5.81. The number of ether oxygens (including phenoxy) is 3. The van der Waals surface area contributed by atoms with E-state index < -0.39 is 11.1 Å². The number of pyridine rings is 1. The standard InChI is InChI=1S/C34H47N5O7/c1-7-33(4,38-31(42)22-44-20-29(40)35-6)24-34(5,8-2)39-32(43)23-45-21-30(41)36-17-18-46-28-14-10-12-26(19-28)15-16-27-13-9-11-25(3)37-27/h9-14,19H,7-8,17-18,20-24H2,1-6H3,(H,35,40)(H,36,41)(H,38,42)(H,39,43). The Balaban J connectivity index is 1.72. The van der Waals surface area contributed by atoms with Crippen molar-refractivity contribution in [3.05, 3.63) is 59.4 Å². The Morgan fingerprint density at radius 2 is 1.39 bits per heavy atom. The molecule has 4 amide bonds. The van der Waals surface area contributed by atoms with Gasteiger partial charge in [-0.05, 0) is 76.3 Å². The van der Waals surface area contributed by atoms with Gasteiger partial charge in [0, 0.05) is 29.4 Å². The Labute approximate surface area is 271 Å². The number of nitrogens with zero attached hydrogens (tertiary/aromatic N) is 1. The quantitative estimate of drug-likeness (QED) is 0.143. The molecular weight excluding hydrogens is 590 g/mol. The summed E-state index contributed by atoms with van der Waals surface area (Å²) in [4.78, 5) is 53.0. The largest absolute Gasteiger partial charge is 0.492 e. The number of aryl methyl sites for hydroxylation is 1. The summed E-state index contributed by atoms with van der Waals surface area (Å²) in [6, 6.07) is 13.0. The smallest absolute Gasteiger partial charge is 0.246 e. The summed E-state index contributed by atoms with van der Waals surface area (Å²) in [6.07, 6.45) is 1.64. The number of likely N-dealkylation sites (N-methyl/N-ethyl adjacent to an activating group) is 1. The molecule has 0 saturated carbocycles. The molecule has 2 atom stereocenters. The van der Waals surface area contributed by atoms with Crippen molar-refractivity contribution in [3.63, 3.8) is 0 Å². The topological polar surface area (TPSA) is 157 Å². The summed E-state index contributed by atoms with van der Waals surface area (Å²) in [6.45, 7) is 9.02. The molecule has 46 heavy (non-hydrogen) atoms. The van der Waals surface area contributed by atoms with Crippen molar-refractivity contribution in [1.82, 2.24) is 26.3 Å². The van der Waals surface area contributed by atoms with Crippen LogP contribution in [0.1, 0.15) is 63.9 Å². The first-order chi connectivity index (χ1) is 21.9. The molecular formula is C34H47N5O7. The molecule has 2 aromatic rings. The summed E-state index contributed by atoms with van der Waals surface area (Å²) in [7, 11) is 1.49. The van der Waals surface area contributed by atoms with E-state index >= 15 is 0 Å². The van der Waals surface area contributed by atoms with Crippen LogP contribution < -0.4 is 26.0 Å². The van der Waals surface area contributed by atoms with Gasteiger partial charge in [0.15, 0.2) is 0 Å². The van der Waals surface area contributed by atoms with E-state index in [4.69, 9.17) is 14.2 Å². The van der Waals surface area contributed by atoms with Crippen LogP contribution in [0.3, 0.4) is 0 Å². The van der Waals surface area contributed by atoms with E-state index in [1.54, 1.807) is 0 Å². The minimum absolute atomic E-state index is 0.208. The van der Waals surface area contributed by atoms with Gasteiger partial charge in [-0.25, -0.2) is 4.98 Å². The third kappa shape index (κ3) is 14.5. The second kappa shape index (κ2) is 19.1. The summed E-state index contributed by atoms with van der Waals surface area (Å²) < 4.78 is 16.2. The molecule has 1 heterocycles. The fourth-order valence-corrected chi connectivity index (χ4v) is 4.49. The molecule has 2 rings (SSSR count). The Morgan fingerprint density at radius 3 is 1.98 bits per heavy atom. The number of hydrogen-bond donors (Lipinski definition) is 4. The highest BCUT2D eigenvalue weighted by atomic mass is 16.5. The van der Waals surface area contributed by atoms with Crippen LogP contribution >= 0.6 is 0 Å². The SMILES string of the molecule is CCC(C)(CC(C)(CC)NC(=O)COCC(=O)NCCOc1cccc(C#Cc2cccc(C)n2)c1)NC(=O)COCC(=O)NC. The Kier molecular flexibility index (Phi) is 15.7. The highest BCUT2D eigenvalue weighted by Crippen LogP contribution is 2.26. The van der Waals surface area contributed by atoms with Crippen molar-refractivity contribution >= 4 is 23.6 Å². The molecule has 0 spiro atoms. The number of benzene rings is 1. The lowest BCUT2D eigenvalue weighted by Crippen LogP contribution is -2.57. The van der Waals surface area contributed by atoms with Gasteiger partial charge in [-0.1, -0.05) is 31.9 Å². The minimum Gasteiger partial charge on any atom is -0.492 e. The maximum atomic E-state index is 12.7. The van der Waals surface area contributed by atoms with Crippen molar-refractivity contribution < 1.29 is 33.4 Å². The Hall–Kier alpha value is -4.47. The van der Waals surface area contributed by atoms with Gasteiger partial charge in [0.2, 0.25) is 23.6 Å². The van der Waals surface area contributed by atoms with Crippen molar-refractivity contribution in [1.29, 1.82) is 0 Å². The number of aromatic nitrogens is 1. The molecule has 1 aromatic heterocycles. The molecule has 0 fully saturated rings. The lowest BCUT2D eigenvalue weighted by Gasteiger charge is -2.40. The molecule has 0 bridgehead atoms. The summed E-state index contributed by atoms with van der Waals surface area (Å²) >= 11 is 0. The predicted molar refractivity (Wildman–Crippen MR) is 174 cm³/mol. The van der Waals surface area contributed by atoms with Crippen LogP contribution in [0.25, 0.3) is 0 Å². The molecule has 12 nitrogen and oxygen atoms in total. The van der Waals surface area contributed by atoms with Gasteiger partial charge in [0.25, 0.3) is 0 Å². The van der Waals surface area contributed by atoms with E-state index in [9.17, 15) is 19.2 Å². The number of carbonyl (C=O) groups is 4. The fourth-order valence-electron chi connectivity index (χ4n) is 4.49. The molecule has 12 heteroatoms. The Morgan fingerprint density at radius 1 is 0.804 bits per heavy atom. The van der Waals surface area contributed by atoms with Crippen LogP contribution in [0.15, 0.2) is 42.5 Å². The van der Waals surface area contributed by atoms with Gasteiger partial charge in [-0.3, -0.25) is 19.2 Å². The lowest BCUT2D eigenvalue weighted by molar-refractivity contribution is -0.132. The van der Waals surface area contributed by atoms with Crippen LogP contribution in [0.4, 0.5) is 0 Å². The van der Waals surface area contributed by atoms with Crippen molar-refractivity contribution in [3.8, 4) is 17.6 Å². The van der Waals surface area contributed by atoms with Gasteiger partial charge >= 0.3 is 0 Å². The van der Waals surface area contributed by atoms with Crippen molar-refractivity contribution in [2.75, 3.05) is 46.6 Å². The van der Waals surface area contributed by atoms with Crippen LogP contribution in [0.2, 0.25) is 0 Å². The Bertz CT molecular complexity index is 1390. The zero-order valence-corrected chi connectivity index (χ0v) is 27.7. The number of amides is 4. The monoisotopic (exact) mass is 637 g/mol. The predicted octanol–water partition coefficient (Wildman–Crippen LogP) is 2.02. The van der Waals surface area contributed by atoms with E-state index in [0.29, 0.717) is 30.7 Å². The first-order valence-corrected chi connectivity index (χ1v) is 15.3. The highest BCUT2D eigenvalue weighted by Gasteiger charge is 2.35. The van der Waals surface area contributed by atoms with Gasteiger partial charge in [-0.2, -0.15) is 0 Å². The van der Waals surface area contributed by atoms with E-state index in [-0.39, 0.29) is 63.2 Å². The van der Waals surface area contributed by atoms with Crippen LogP contribution in [0, 0.1) is 18.8 Å². The van der Waals surface area contributed by atoms with E-state index in [1.807, 2.05) is 77.1 Å². The van der Waals surface area contributed by atoms with Gasteiger partial charge in [-0.15, -0.1) is 0 Å². The second-order valence-electron chi connectivity index (χ2n) is 11.4. The molecule has 250 valence electrons. The minimum atomic E-state index is -0.651.